The van der Waals surface area contributed by atoms with Gasteiger partial charge in [0, 0.05) is 12.1 Å². The van der Waals surface area contributed by atoms with Crippen LogP contribution >= 0.6 is 0 Å². The second kappa shape index (κ2) is 3.32. The summed E-state index contributed by atoms with van der Waals surface area (Å²) in [4.78, 5) is 0. The molecule has 2 aliphatic heterocycles. The third-order valence-electron chi connectivity index (χ3n) is 3.06. The molecule has 12 heavy (non-hydrogen) atoms. The summed E-state index contributed by atoms with van der Waals surface area (Å²) in [5.41, 5.74) is 0. The molecular formula is C9H14NO2. The minimum Gasteiger partial charge on any atom is -0.369 e. The summed E-state index contributed by atoms with van der Waals surface area (Å²) >= 11 is 0. The molecule has 0 aromatic rings. The minimum absolute atomic E-state index is 0.116. The maximum Gasteiger partial charge on any atom is 0.115 e. The molecule has 3 heteroatoms. The first-order chi connectivity index (χ1) is 5.81. The molecule has 2 fully saturated rings. The molecule has 2 heterocycles. The Bertz CT molecular complexity index is 149. The second-order valence-electron chi connectivity index (χ2n) is 3.83. The fourth-order valence-corrected chi connectivity index (χ4v) is 2.40. The Morgan fingerprint density at radius 3 is 2.33 bits per heavy atom. The summed E-state index contributed by atoms with van der Waals surface area (Å²) in [5.74, 6) is 0. The largest absolute Gasteiger partial charge is 0.369 e. The Hall–Kier alpha value is -0.120. The van der Waals surface area contributed by atoms with Crippen molar-refractivity contribution >= 4 is 0 Å². The molecule has 0 amide bonds. The number of rotatable bonds is 1. The van der Waals surface area contributed by atoms with Crippen LogP contribution in [0.1, 0.15) is 32.1 Å². The number of hydroxylamine groups is 2. The van der Waals surface area contributed by atoms with Crippen molar-refractivity contribution in [2.75, 3.05) is 0 Å². The number of hydrogen-bond acceptors (Lipinski definition) is 2. The van der Waals surface area contributed by atoms with Crippen LogP contribution in [0.25, 0.3) is 0 Å². The van der Waals surface area contributed by atoms with E-state index in [0.29, 0.717) is 0 Å². The van der Waals surface area contributed by atoms with Gasteiger partial charge < -0.3 is 4.74 Å². The quantitative estimate of drug-likeness (QED) is 0.593. The van der Waals surface area contributed by atoms with Crippen molar-refractivity contribution in [3.05, 3.63) is 7.11 Å². The molecule has 0 aromatic carbocycles. The van der Waals surface area contributed by atoms with Gasteiger partial charge >= 0.3 is 0 Å². The smallest absolute Gasteiger partial charge is 0.115 e. The molecule has 2 unspecified atom stereocenters. The topological polar surface area (TPSA) is 32.4 Å². The number of hydrogen-bond donors (Lipinski definition) is 0. The van der Waals surface area contributed by atoms with E-state index in [-0.39, 0.29) is 18.2 Å². The summed E-state index contributed by atoms with van der Waals surface area (Å²) < 4.78 is 4.81. The number of ether oxygens (including phenoxy) is 1. The minimum atomic E-state index is 0.116. The molecule has 0 N–H and O–H groups in total. The number of fused-ring (bicyclic) bond motifs is 2. The standard InChI is InChI=1S/C9H14NO2/c1-12-9-5-7-3-2-4-8(6-9)10(7)11/h1,7-9H,2-6H2. The molecule has 0 saturated carbocycles. The van der Waals surface area contributed by atoms with Crippen LogP contribution in [0.4, 0.5) is 0 Å². The van der Waals surface area contributed by atoms with Crippen molar-refractivity contribution in [3.63, 3.8) is 0 Å². The summed E-state index contributed by atoms with van der Waals surface area (Å²) in [6.45, 7) is 0. The molecule has 0 aromatic heterocycles. The van der Waals surface area contributed by atoms with Gasteiger partial charge in [0.25, 0.3) is 0 Å². The van der Waals surface area contributed by atoms with Crippen molar-refractivity contribution in [3.8, 4) is 0 Å². The van der Waals surface area contributed by atoms with Crippen molar-refractivity contribution in [1.82, 2.24) is 5.06 Å². The summed E-state index contributed by atoms with van der Waals surface area (Å²) in [5, 5.41) is 12.8. The Balaban J connectivity index is 2.02. The molecule has 2 aliphatic rings. The molecular weight excluding hydrogens is 154 g/mol. The van der Waals surface area contributed by atoms with Crippen molar-refractivity contribution < 1.29 is 9.94 Å². The molecule has 2 saturated heterocycles. The fraction of sp³-hybridized carbons (Fsp3) is 0.889. The summed E-state index contributed by atoms with van der Waals surface area (Å²) in [6, 6.07) is 0.345. The van der Waals surface area contributed by atoms with E-state index in [0.717, 1.165) is 25.7 Å². The Morgan fingerprint density at radius 2 is 1.83 bits per heavy atom. The van der Waals surface area contributed by atoms with Gasteiger partial charge in [-0.3, -0.25) is 0 Å². The zero-order chi connectivity index (χ0) is 8.55. The van der Waals surface area contributed by atoms with E-state index < -0.39 is 0 Å². The first-order valence-electron chi connectivity index (χ1n) is 4.62. The lowest BCUT2D eigenvalue weighted by molar-refractivity contribution is -0.255. The van der Waals surface area contributed by atoms with Gasteiger partial charge in [-0.05, 0) is 25.7 Å². The van der Waals surface area contributed by atoms with E-state index in [1.54, 1.807) is 0 Å². The third kappa shape index (κ3) is 1.37. The molecule has 2 rings (SSSR count). The van der Waals surface area contributed by atoms with E-state index in [2.05, 4.69) is 0 Å². The Labute approximate surface area is 73.3 Å². The lowest BCUT2D eigenvalue weighted by atomic mass is 9.85. The molecule has 0 spiro atoms. The Kier molecular flexibility index (Phi) is 2.35. The first-order valence-corrected chi connectivity index (χ1v) is 4.62. The van der Waals surface area contributed by atoms with Crippen LogP contribution in [-0.4, -0.2) is 23.3 Å². The van der Waals surface area contributed by atoms with E-state index >= 15 is 0 Å². The highest BCUT2D eigenvalue weighted by Gasteiger charge is 2.38. The molecule has 2 atom stereocenters. The van der Waals surface area contributed by atoms with Crippen LogP contribution < -0.4 is 0 Å². The van der Waals surface area contributed by atoms with Crippen LogP contribution in [0.3, 0.4) is 0 Å². The number of piperidine rings is 2. The molecule has 3 nitrogen and oxygen atoms in total. The highest BCUT2D eigenvalue weighted by atomic mass is 16.5. The van der Waals surface area contributed by atoms with Gasteiger partial charge in [-0.25, -0.2) is 0 Å². The summed E-state index contributed by atoms with van der Waals surface area (Å²) in [7, 11) is 5.13. The van der Waals surface area contributed by atoms with E-state index in [9.17, 15) is 5.21 Å². The molecule has 2 bridgehead atoms. The van der Waals surface area contributed by atoms with Gasteiger partial charge in [0.2, 0.25) is 0 Å². The zero-order valence-electron chi connectivity index (χ0n) is 7.11. The fourth-order valence-electron chi connectivity index (χ4n) is 2.40. The van der Waals surface area contributed by atoms with Crippen LogP contribution in [0, 0.1) is 7.11 Å². The monoisotopic (exact) mass is 168 g/mol. The van der Waals surface area contributed by atoms with Crippen molar-refractivity contribution in [2.24, 2.45) is 0 Å². The zero-order valence-corrected chi connectivity index (χ0v) is 7.11. The maximum absolute atomic E-state index is 11.5. The Morgan fingerprint density at radius 1 is 1.25 bits per heavy atom. The third-order valence-corrected chi connectivity index (χ3v) is 3.06. The average Bonchev–Trinajstić information content (AvgIpc) is 2.04. The van der Waals surface area contributed by atoms with E-state index in [1.165, 1.54) is 11.5 Å². The predicted octanol–water partition coefficient (Wildman–Crippen LogP) is 1.40. The van der Waals surface area contributed by atoms with Gasteiger partial charge in [-0.1, -0.05) is 6.42 Å². The highest BCUT2D eigenvalue weighted by molar-refractivity contribution is 4.88. The van der Waals surface area contributed by atoms with Crippen LogP contribution in [0.15, 0.2) is 0 Å². The van der Waals surface area contributed by atoms with Crippen molar-refractivity contribution in [1.29, 1.82) is 0 Å². The average molecular weight is 168 g/mol. The van der Waals surface area contributed by atoms with Crippen molar-refractivity contribution in [2.45, 2.75) is 50.3 Å². The normalized spacial score (nSPS) is 43.0. The van der Waals surface area contributed by atoms with E-state index in [1.807, 2.05) is 0 Å². The van der Waals surface area contributed by atoms with Gasteiger partial charge in [0.05, 0.1) is 6.10 Å². The number of nitrogens with zero attached hydrogens (tertiary/aromatic N) is 1. The maximum atomic E-state index is 11.5. The van der Waals surface area contributed by atoms with Gasteiger partial charge in [-0.2, -0.15) is 0 Å². The predicted molar refractivity (Wildman–Crippen MR) is 42.4 cm³/mol. The molecule has 0 aliphatic carbocycles. The SMILES string of the molecule is [CH]OC1CC2CCCC(C1)N2[O]. The van der Waals surface area contributed by atoms with Crippen LogP contribution in [0.5, 0.6) is 0 Å². The molecule has 3 radical (unpaired) electrons. The van der Waals surface area contributed by atoms with Crippen LogP contribution in [0.2, 0.25) is 0 Å². The lowest BCUT2D eigenvalue weighted by Gasteiger charge is -2.42. The summed E-state index contributed by atoms with van der Waals surface area (Å²) in [6.07, 6.45) is 4.96. The van der Waals surface area contributed by atoms with Gasteiger partial charge in [0.15, 0.2) is 0 Å². The van der Waals surface area contributed by atoms with E-state index in [4.69, 9.17) is 11.8 Å². The lowest BCUT2D eigenvalue weighted by Crippen LogP contribution is -2.51. The highest BCUT2D eigenvalue weighted by Crippen LogP contribution is 2.33. The second-order valence-corrected chi connectivity index (χ2v) is 3.83. The van der Waals surface area contributed by atoms with Gasteiger partial charge in [-0.15, -0.1) is 10.3 Å². The van der Waals surface area contributed by atoms with Gasteiger partial charge in [0.1, 0.15) is 7.11 Å². The van der Waals surface area contributed by atoms with Crippen LogP contribution in [-0.2, 0) is 9.94 Å². The first kappa shape index (κ1) is 8.48. The molecule has 67 valence electrons.